The summed E-state index contributed by atoms with van der Waals surface area (Å²) in [6.07, 6.45) is 3.51. The normalized spacial score (nSPS) is 10.5. The third-order valence-corrected chi connectivity index (χ3v) is 3.11. The molecule has 0 fully saturated rings. The lowest BCUT2D eigenvalue weighted by molar-refractivity contribution is 0.1000. The first-order valence-electron chi connectivity index (χ1n) is 6.26. The molecule has 2 rings (SSSR count). The Morgan fingerprint density at radius 3 is 2.75 bits per heavy atom. The van der Waals surface area contributed by atoms with Gasteiger partial charge < -0.3 is 11.1 Å². The van der Waals surface area contributed by atoms with Crippen LogP contribution < -0.4 is 11.1 Å². The number of hydrogen-bond acceptors (Lipinski definition) is 3. The van der Waals surface area contributed by atoms with Gasteiger partial charge in [-0.2, -0.15) is 0 Å². The highest BCUT2D eigenvalue weighted by atomic mass is 19.1. The summed E-state index contributed by atoms with van der Waals surface area (Å²) in [7, 11) is 0. The number of halogens is 1. The van der Waals surface area contributed by atoms with Crippen molar-refractivity contribution in [1.82, 2.24) is 10.3 Å². The van der Waals surface area contributed by atoms with Crippen molar-refractivity contribution >= 4 is 5.91 Å². The molecule has 0 unspecified atom stereocenters. The molecule has 0 atom stereocenters. The summed E-state index contributed by atoms with van der Waals surface area (Å²) in [4.78, 5) is 15.1. The van der Waals surface area contributed by atoms with Crippen LogP contribution in [0.5, 0.6) is 0 Å². The number of carbonyl (C=O) groups is 1. The predicted octanol–water partition coefficient (Wildman–Crippen LogP) is 1.92. The topological polar surface area (TPSA) is 68.0 Å². The summed E-state index contributed by atoms with van der Waals surface area (Å²) in [5.41, 5.74) is 8.09. The van der Waals surface area contributed by atoms with Crippen molar-refractivity contribution in [1.29, 1.82) is 0 Å². The third kappa shape index (κ3) is 3.39. The van der Waals surface area contributed by atoms with E-state index in [1.807, 2.05) is 13.0 Å². The lowest BCUT2D eigenvalue weighted by Gasteiger charge is -2.09. The summed E-state index contributed by atoms with van der Waals surface area (Å²) >= 11 is 0. The van der Waals surface area contributed by atoms with E-state index in [1.54, 1.807) is 12.4 Å². The Hall–Kier alpha value is -2.27. The summed E-state index contributed by atoms with van der Waals surface area (Å²) in [6, 6.07) is 6.03. The second-order valence-electron chi connectivity index (χ2n) is 4.58. The smallest absolute Gasteiger partial charge is 0.248 e. The summed E-state index contributed by atoms with van der Waals surface area (Å²) in [5.74, 6) is -0.917. The van der Waals surface area contributed by atoms with Crippen molar-refractivity contribution in [2.45, 2.75) is 20.0 Å². The van der Waals surface area contributed by atoms with E-state index < -0.39 is 5.91 Å². The van der Waals surface area contributed by atoms with Crippen molar-refractivity contribution in [3.63, 3.8) is 0 Å². The van der Waals surface area contributed by atoms with Gasteiger partial charge >= 0.3 is 0 Å². The fourth-order valence-corrected chi connectivity index (χ4v) is 1.88. The van der Waals surface area contributed by atoms with Gasteiger partial charge in [0.2, 0.25) is 5.91 Å². The molecular formula is C15H16FN3O. The minimum atomic E-state index is -0.561. The Kier molecular flexibility index (Phi) is 4.42. The molecule has 1 heterocycles. The first-order chi connectivity index (χ1) is 9.58. The van der Waals surface area contributed by atoms with Gasteiger partial charge in [-0.05, 0) is 42.3 Å². The van der Waals surface area contributed by atoms with Gasteiger partial charge in [-0.1, -0.05) is 0 Å². The van der Waals surface area contributed by atoms with Gasteiger partial charge in [0.1, 0.15) is 5.82 Å². The number of benzene rings is 1. The number of carbonyl (C=O) groups excluding carboxylic acids is 1. The molecule has 5 heteroatoms. The molecule has 3 N–H and O–H groups in total. The van der Waals surface area contributed by atoms with Gasteiger partial charge in [-0.3, -0.25) is 9.78 Å². The number of nitrogens with zero attached hydrogens (tertiary/aromatic N) is 1. The van der Waals surface area contributed by atoms with Crippen LogP contribution in [-0.2, 0) is 13.1 Å². The number of nitrogens with two attached hydrogens (primary N) is 1. The second kappa shape index (κ2) is 6.25. The minimum absolute atomic E-state index is 0.306. The zero-order valence-electron chi connectivity index (χ0n) is 11.2. The number of aryl methyl sites for hydroxylation is 1. The van der Waals surface area contributed by atoms with Crippen LogP contribution in [0, 0.1) is 12.7 Å². The van der Waals surface area contributed by atoms with Crippen LogP contribution >= 0.6 is 0 Å². The Morgan fingerprint density at radius 1 is 1.30 bits per heavy atom. The van der Waals surface area contributed by atoms with Crippen molar-refractivity contribution in [3.8, 4) is 0 Å². The lowest BCUT2D eigenvalue weighted by atomic mass is 10.1. The summed E-state index contributed by atoms with van der Waals surface area (Å²) in [5, 5.41) is 3.13. The monoisotopic (exact) mass is 273 g/mol. The minimum Gasteiger partial charge on any atom is -0.366 e. The van der Waals surface area contributed by atoms with E-state index >= 15 is 0 Å². The van der Waals surface area contributed by atoms with E-state index in [1.165, 1.54) is 18.2 Å². The molecule has 0 saturated carbocycles. The maximum Gasteiger partial charge on any atom is 0.248 e. The number of amides is 1. The first kappa shape index (κ1) is 14.1. The first-order valence-corrected chi connectivity index (χ1v) is 6.26. The van der Waals surface area contributed by atoms with Crippen LogP contribution in [0.3, 0.4) is 0 Å². The molecule has 0 aliphatic rings. The second-order valence-corrected chi connectivity index (χ2v) is 4.58. The van der Waals surface area contributed by atoms with Gasteiger partial charge in [0.15, 0.2) is 0 Å². The van der Waals surface area contributed by atoms with E-state index in [4.69, 9.17) is 5.73 Å². The molecule has 0 spiro atoms. The Morgan fingerprint density at radius 2 is 2.05 bits per heavy atom. The number of primary amides is 1. The lowest BCUT2D eigenvalue weighted by Crippen LogP contribution is -2.16. The highest BCUT2D eigenvalue weighted by Crippen LogP contribution is 2.11. The van der Waals surface area contributed by atoms with E-state index in [0.717, 1.165) is 11.1 Å². The third-order valence-electron chi connectivity index (χ3n) is 3.11. The number of rotatable bonds is 5. The molecule has 0 aliphatic carbocycles. The van der Waals surface area contributed by atoms with Crippen LogP contribution in [0.25, 0.3) is 0 Å². The Labute approximate surface area is 116 Å². The molecular weight excluding hydrogens is 257 g/mol. The van der Waals surface area contributed by atoms with Crippen molar-refractivity contribution in [3.05, 3.63) is 64.7 Å². The van der Waals surface area contributed by atoms with Gasteiger partial charge in [0.05, 0.1) is 0 Å². The molecule has 4 nitrogen and oxygen atoms in total. The molecule has 0 radical (unpaired) electrons. The predicted molar refractivity (Wildman–Crippen MR) is 74.4 cm³/mol. The molecule has 104 valence electrons. The van der Waals surface area contributed by atoms with E-state index in [0.29, 0.717) is 24.2 Å². The highest BCUT2D eigenvalue weighted by Gasteiger charge is 2.07. The maximum atomic E-state index is 13.6. The van der Waals surface area contributed by atoms with Crippen LogP contribution in [-0.4, -0.2) is 10.9 Å². The average Bonchev–Trinajstić information content (AvgIpc) is 2.42. The zero-order valence-corrected chi connectivity index (χ0v) is 11.2. The SMILES string of the molecule is Cc1ccncc1CNCc1cc(C(N)=O)ccc1F. The molecule has 1 aromatic heterocycles. The van der Waals surface area contributed by atoms with Gasteiger partial charge in [0.25, 0.3) is 0 Å². The molecule has 2 aromatic rings. The number of pyridine rings is 1. The molecule has 0 bridgehead atoms. The average molecular weight is 273 g/mol. The quantitative estimate of drug-likeness (QED) is 0.874. The molecule has 0 aliphatic heterocycles. The van der Waals surface area contributed by atoms with Crippen molar-refractivity contribution in [2.75, 3.05) is 0 Å². The largest absolute Gasteiger partial charge is 0.366 e. The number of aromatic nitrogens is 1. The standard InChI is InChI=1S/C15H16FN3O/c1-10-4-5-18-8-13(10)9-19-7-12-6-11(15(17)20)2-3-14(12)16/h2-6,8,19H,7,9H2,1H3,(H2,17,20). The Balaban J connectivity index is 2.02. The molecule has 20 heavy (non-hydrogen) atoms. The molecule has 0 saturated heterocycles. The van der Waals surface area contributed by atoms with Crippen LogP contribution in [0.15, 0.2) is 36.7 Å². The molecule has 1 aromatic carbocycles. The Bertz CT molecular complexity index is 628. The highest BCUT2D eigenvalue weighted by molar-refractivity contribution is 5.92. The molecule has 1 amide bonds. The van der Waals surface area contributed by atoms with E-state index in [2.05, 4.69) is 10.3 Å². The van der Waals surface area contributed by atoms with Crippen LogP contribution in [0.1, 0.15) is 27.0 Å². The fraction of sp³-hybridized carbons (Fsp3) is 0.200. The summed E-state index contributed by atoms with van der Waals surface area (Å²) < 4.78 is 13.6. The fourth-order valence-electron chi connectivity index (χ4n) is 1.88. The maximum absolute atomic E-state index is 13.6. The number of hydrogen-bond donors (Lipinski definition) is 2. The van der Waals surface area contributed by atoms with Crippen molar-refractivity contribution in [2.24, 2.45) is 5.73 Å². The van der Waals surface area contributed by atoms with E-state index in [9.17, 15) is 9.18 Å². The summed E-state index contributed by atoms with van der Waals surface area (Å²) in [6.45, 7) is 2.90. The number of nitrogens with one attached hydrogen (secondary N) is 1. The van der Waals surface area contributed by atoms with Gasteiger partial charge in [-0.15, -0.1) is 0 Å². The van der Waals surface area contributed by atoms with Crippen LogP contribution in [0.2, 0.25) is 0 Å². The zero-order chi connectivity index (χ0) is 14.5. The van der Waals surface area contributed by atoms with Gasteiger partial charge in [0, 0.05) is 36.6 Å². The van der Waals surface area contributed by atoms with E-state index in [-0.39, 0.29) is 5.82 Å². The van der Waals surface area contributed by atoms with Crippen molar-refractivity contribution < 1.29 is 9.18 Å². The van der Waals surface area contributed by atoms with Crippen LogP contribution in [0.4, 0.5) is 4.39 Å². The van der Waals surface area contributed by atoms with Gasteiger partial charge in [-0.25, -0.2) is 4.39 Å².